The van der Waals surface area contributed by atoms with Crippen LogP contribution in [0.4, 0.5) is 0 Å². The van der Waals surface area contributed by atoms with Crippen LogP contribution in [0, 0.1) is 11.7 Å². The molecular formula is C23H28N4O2S. The standard InChI is InChI=1S/C23H28N4O2S/c1-3-29-21-9-7-19(8-10-21)27-22(18-6-4-5-17(2)15-18)24-26(23(27)30)16-25-13-11-20(28)12-14-25/h4-10,15,20,28H,3,11-14,16H2,1-2H3. The first kappa shape index (κ1) is 20.8. The zero-order valence-electron chi connectivity index (χ0n) is 17.5. The van der Waals surface area contributed by atoms with Crippen molar-refractivity contribution in [3.8, 4) is 22.8 Å². The molecule has 2 aromatic carbocycles. The van der Waals surface area contributed by atoms with E-state index in [0.29, 0.717) is 18.0 Å². The van der Waals surface area contributed by atoms with E-state index in [2.05, 4.69) is 30.0 Å². The number of aromatic nitrogens is 3. The predicted octanol–water partition coefficient (Wildman–Crippen LogP) is 4.19. The molecule has 0 aliphatic carbocycles. The van der Waals surface area contributed by atoms with Gasteiger partial charge in [-0.25, -0.2) is 4.68 Å². The van der Waals surface area contributed by atoms with Crippen LogP contribution >= 0.6 is 12.2 Å². The molecule has 0 spiro atoms. The van der Waals surface area contributed by atoms with Crippen LogP contribution in [0.3, 0.4) is 0 Å². The van der Waals surface area contributed by atoms with Crippen molar-refractivity contribution in [1.29, 1.82) is 0 Å². The predicted molar refractivity (Wildman–Crippen MR) is 121 cm³/mol. The monoisotopic (exact) mass is 424 g/mol. The minimum atomic E-state index is -0.196. The van der Waals surface area contributed by atoms with E-state index in [1.165, 1.54) is 5.56 Å². The molecule has 0 amide bonds. The molecule has 0 atom stereocenters. The van der Waals surface area contributed by atoms with Crippen LogP contribution in [0.1, 0.15) is 25.3 Å². The fourth-order valence-electron chi connectivity index (χ4n) is 3.81. The van der Waals surface area contributed by atoms with Gasteiger partial charge in [-0.3, -0.25) is 9.47 Å². The maximum absolute atomic E-state index is 9.80. The molecule has 158 valence electrons. The van der Waals surface area contributed by atoms with Crippen molar-refractivity contribution >= 4 is 12.2 Å². The number of nitrogens with zero attached hydrogens (tertiary/aromatic N) is 4. The Balaban J connectivity index is 1.74. The lowest BCUT2D eigenvalue weighted by Gasteiger charge is -2.28. The summed E-state index contributed by atoms with van der Waals surface area (Å²) in [4.78, 5) is 2.29. The van der Waals surface area contributed by atoms with Crippen LogP contribution in [0.15, 0.2) is 48.5 Å². The Morgan fingerprint density at radius 2 is 1.87 bits per heavy atom. The van der Waals surface area contributed by atoms with Crippen molar-refractivity contribution in [2.45, 2.75) is 39.5 Å². The molecule has 1 N–H and O–H groups in total. The summed E-state index contributed by atoms with van der Waals surface area (Å²) in [5, 5.41) is 14.7. The van der Waals surface area contributed by atoms with E-state index in [-0.39, 0.29) is 6.10 Å². The van der Waals surface area contributed by atoms with Gasteiger partial charge in [0, 0.05) is 18.7 Å². The third kappa shape index (κ3) is 4.48. The van der Waals surface area contributed by atoms with Gasteiger partial charge in [0.25, 0.3) is 0 Å². The maximum Gasteiger partial charge on any atom is 0.204 e. The lowest BCUT2D eigenvalue weighted by Crippen LogP contribution is -2.37. The van der Waals surface area contributed by atoms with Crippen LogP contribution in [-0.4, -0.2) is 50.2 Å². The topological polar surface area (TPSA) is 55.5 Å². The Kier molecular flexibility index (Phi) is 6.32. The second kappa shape index (κ2) is 9.12. The van der Waals surface area contributed by atoms with Crippen LogP contribution < -0.4 is 4.74 Å². The first-order valence-electron chi connectivity index (χ1n) is 10.5. The Hall–Kier alpha value is -2.48. The van der Waals surface area contributed by atoms with Gasteiger partial charge in [-0.2, -0.15) is 0 Å². The SMILES string of the molecule is CCOc1ccc(-n2c(-c3cccc(C)c3)nn(CN3CCC(O)CC3)c2=S)cc1. The van der Waals surface area contributed by atoms with Crippen molar-refractivity contribution in [2.24, 2.45) is 0 Å². The van der Waals surface area contributed by atoms with Crippen molar-refractivity contribution in [3.63, 3.8) is 0 Å². The first-order valence-corrected chi connectivity index (χ1v) is 10.9. The molecule has 2 heterocycles. The number of rotatable bonds is 6. The van der Waals surface area contributed by atoms with Gasteiger partial charge in [0.1, 0.15) is 5.75 Å². The highest BCUT2D eigenvalue weighted by Gasteiger charge is 2.20. The molecule has 0 unspecified atom stereocenters. The largest absolute Gasteiger partial charge is 0.494 e. The van der Waals surface area contributed by atoms with Gasteiger partial charge in [-0.05, 0) is 69.2 Å². The lowest BCUT2D eigenvalue weighted by atomic mass is 10.1. The molecular weight excluding hydrogens is 396 g/mol. The average molecular weight is 425 g/mol. The molecule has 1 fully saturated rings. The lowest BCUT2D eigenvalue weighted by molar-refractivity contribution is 0.0651. The zero-order valence-corrected chi connectivity index (χ0v) is 18.3. The Labute approximate surface area is 182 Å². The van der Waals surface area contributed by atoms with Gasteiger partial charge in [0.2, 0.25) is 4.77 Å². The van der Waals surface area contributed by atoms with E-state index >= 15 is 0 Å². The molecule has 1 aliphatic heterocycles. The molecule has 6 nitrogen and oxygen atoms in total. The van der Waals surface area contributed by atoms with E-state index in [9.17, 15) is 5.11 Å². The number of hydrogen-bond acceptors (Lipinski definition) is 5. The molecule has 1 aromatic heterocycles. The van der Waals surface area contributed by atoms with Crippen molar-refractivity contribution < 1.29 is 9.84 Å². The fourth-order valence-corrected chi connectivity index (χ4v) is 4.10. The second-order valence-corrected chi connectivity index (χ2v) is 8.09. The molecule has 30 heavy (non-hydrogen) atoms. The first-order chi connectivity index (χ1) is 14.5. The normalized spacial score (nSPS) is 15.4. The van der Waals surface area contributed by atoms with E-state index in [4.69, 9.17) is 22.1 Å². The molecule has 0 bridgehead atoms. The molecule has 1 saturated heterocycles. The van der Waals surface area contributed by atoms with Crippen LogP contribution in [0.25, 0.3) is 17.1 Å². The van der Waals surface area contributed by atoms with Crippen LogP contribution in [0.5, 0.6) is 5.75 Å². The van der Waals surface area contributed by atoms with E-state index in [0.717, 1.165) is 48.8 Å². The summed E-state index contributed by atoms with van der Waals surface area (Å²) in [7, 11) is 0. The molecule has 3 aromatic rings. The zero-order chi connectivity index (χ0) is 21.1. The summed E-state index contributed by atoms with van der Waals surface area (Å²) in [6, 6.07) is 16.3. The van der Waals surface area contributed by atoms with E-state index in [1.54, 1.807) is 0 Å². The number of ether oxygens (including phenoxy) is 1. The van der Waals surface area contributed by atoms with E-state index < -0.39 is 0 Å². The average Bonchev–Trinajstić information content (AvgIpc) is 3.07. The molecule has 7 heteroatoms. The van der Waals surface area contributed by atoms with E-state index in [1.807, 2.05) is 46.5 Å². The van der Waals surface area contributed by atoms with Crippen LogP contribution in [-0.2, 0) is 6.67 Å². The van der Waals surface area contributed by atoms with Gasteiger partial charge in [-0.15, -0.1) is 5.10 Å². The summed E-state index contributed by atoms with van der Waals surface area (Å²) in [5.41, 5.74) is 3.17. The number of aliphatic hydroxyl groups excluding tert-OH is 1. The minimum Gasteiger partial charge on any atom is -0.494 e. The maximum atomic E-state index is 9.80. The third-order valence-electron chi connectivity index (χ3n) is 5.41. The van der Waals surface area contributed by atoms with Gasteiger partial charge in [0.05, 0.1) is 25.1 Å². The number of piperidine rings is 1. The van der Waals surface area contributed by atoms with Crippen molar-refractivity contribution in [3.05, 3.63) is 58.9 Å². The number of likely N-dealkylation sites (tertiary alicyclic amines) is 1. The van der Waals surface area contributed by atoms with Gasteiger partial charge in [0.15, 0.2) is 5.82 Å². The van der Waals surface area contributed by atoms with Gasteiger partial charge < -0.3 is 9.84 Å². The summed E-state index contributed by atoms with van der Waals surface area (Å²) < 4.78 is 10.2. The summed E-state index contributed by atoms with van der Waals surface area (Å²) >= 11 is 5.86. The second-order valence-electron chi connectivity index (χ2n) is 7.73. The summed E-state index contributed by atoms with van der Waals surface area (Å²) in [5.74, 6) is 1.66. The number of aryl methyl sites for hydroxylation is 1. The highest BCUT2D eigenvalue weighted by Crippen LogP contribution is 2.25. The van der Waals surface area contributed by atoms with Crippen molar-refractivity contribution in [1.82, 2.24) is 19.2 Å². The Morgan fingerprint density at radius 1 is 1.13 bits per heavy atom. The van der Waals surface area contributed by atoms with Crippen molar-refractivity contribution in [2.75, 3.05) is 19.7 Å². The highest BCUT2D eigenvalue weighted by molar-refractivity contribution is 7.71. The smallest absolute Gasteiger partial charge is 0.204 e. The van der Waals surface area contributed by atoms with Gasteiger partial charge >= 0.3 is 0 Å². The summed E-state index contributed by atoms with van der Waals surface area (Å²) in [6.45, 7) is 7.00. The highest BCUT2D eigenvalue weighted by atomic mass is 32.1. The summed E-state index contributed by atoms with van der Waals surface area (Å²) in [6.07, 6.45) is 1.38. The third-order valence-corrected chi connectivity index (χ3v) is 5.81. The molecule has 0 saturated carbocycles. The Morgan fingerprint density at radius 3 is 2.53 bits per heavy atom. The molecule has 0 radical (unpaired) electrons. The van der Waals surface area contributed by atoms with Gasteiger partial charge in [-0.1, -0.05) is 23.8 Å². The molecule has 1 aliphatic rings. The Bertz CT molecular complexity index is 1050. The quantitative estimate of drug-likeness (QED) is 0.602. The fraction of sp³-hybridized carbons (Fsp3) is 0.391. The number of benzene rings is 2. The minimum absolute atomic E-state index is 0.196. The molecule has 4 rings (SSSR count). The van der Waals surface area contributed by atoms with Crippen LogP contribution in [0.2, 0.25) is 0 Å². The number of hydrogen-bond donors (Lipinski definition) is 1. The number of aliphatic hydroxyl groups is 1.